The first-order valence-electron chi connectivity index (χ1n) is 12.1. The zero-order chi connectivity index (χ0) is 23.5. The molecule has 34 heavy (non-hydrogen) atoms. The van der Waals surface area contributed by atoms with E-state index < -0.39 is 0 Å². The van der Waals surface area contributed by atoms with Crippen LogP contribution in [-0.4, -0.2) is 45.9 Å². The van der Waals surface area contributed by atoms with Crippen LogP contribution in [0.15, 0.2) is 54.9 Å². The minimum Gasteiger partial charge on any atom is -0.351 e. The monoisotopic (exact) mass is 474 g/mol. The number of aryl methyl sites for hydroxylation is 1. The standard InChI is InChI=1S/C27H30N4O2S/c1-30-22-8-3-2-7-20(22)16-23(30)27(33)31-14-10-19(11-15-31)6-4-5-12-29-26(32)24-17-21-9-13-28-18-25(21)34-24/h2-3,7-9,13,16-19H,4-6,10-12,14-15H2,1H3,(H,29,32). The number of para-hydroxylation sites is 1. The summed E-state index contributed by atoms with van der Waals surface area (Å²) in [5.74, 6) is 0.792. The van der Waals surface area contributed by atoms with E-state index in [9.17, 15) is 9.59 Å². The summed E-state index contributed by atoms with van der Waals surface area (Å²) < 4.78 is 3.05. The van der Waals surface area contributed by atoms with E-state index in [0.29, 0.717) is 12.5 Å². The van der Waals surface area contributed by atoms with Crippen LogP contribution >= 0.6 is 11.3 Å². The lowest BCUT2D eigenvalue weighted by molar-refractivity contribution is 0.0676. The summed E-state index contributed by atoms with van der Waals surface area (Å²) in [6, 6.07) is 14.0. The Labute approximate surface area is 203 Å². The smallest absolute Gasteiger partial charge is 0.270 e. The molecule has 6 nitrogen and oxygen atoms in total. The van der Waals surface area contributed by atoms with E-state index >= 15 is 0 Å². The molecule has 2 amide bonds. The number of nitrogens with one attached hydrogen (secondary N) is 1. The van der Waals surface area contributed by atoms with Crippen LogP contribution in [0.2, 0.25) is 0 Å². The highest BCUT2D eigenvalue weighted by Gasteiger charge is 2.25. The molecule has 1 aliphatic heterocycles. The molecule has 0 aliphatic carbocycles. The van der Waals surface area contributed by atoms with E-state index in [1.807, 2.05) is 46.8 Å². The van der Waals surface area contributed by atoms with E-state index in [1.54, 1.807) is 12.4 Å². The number of aromatic nitrogens is 2. The first-order chi connectivity index (χ1) is 16.6. The average molecular weight is 475 g/mol. The predicted molar refractivity (Wildman–Crippen MR) is 137 cm³/mol. The molecule has 0 radical (unpaired) electrons. The van der Waals surface area contributed by atoms with Crippen molar-refractivity contribution in [1.82, 2.24) is 19.8 Å². The van der Waals surface area contributed by atoms with Gasteiger partial charge in [0, 0.05) is 50.0 Å². The minimum atomic E-state index is 0.00126. The highest BCUT2D eigenvalue weighted by Crippen LogP contribution is 2.26. The maximum absolute atomic E-state index is 13.1. The van der Waals surface area contributed by atoms with E-state index in [-0.39, 0.29) is 11.8 Å². The normalized spacial score (nSPS) is 14.7. The van der Waals surface area contributed by atoms with Gasteiger partial charge in [0.15, 0.2) is 0 Å². The van der Waals surface area contributed by atoms with Crippen molar-refractivity contribution in [3.05, 3.63) is 65.4 Å². The molecule has 1 fully saturated rings. The van der Waals surface area contributed by atoms with Crippen LogP contribution in [0.5, 0.6) is 0 Å². The number of rotatable bonds is 7. The number of carbonyl (C=O) groups excluding carboxylic acids is 2. The number of piperidine rings is 1. The molecule has 3 aromatic heterocycles. The third kappa shape index (κ3) is 4.71. The molecule has 5 rings (SSSR count). The number of pyridine rings is 1. The Kier molecular flexibility index (Phi) is 6.63. The maximum atomic E-state index is 13.1. The summed E-state index contributed by atoms with van der Waals surface area (Å²) in [4.78, 5) is 32.4. The summed E-state index contributed by atoms with van der Waals surface area (Å²) in [6.45, 7) is 2.34. The van der Waals surface area contributed by atoms with Gasteiger partial charge in [-0.05, 0) is 54.8 Å². The molecule has 0 atom stereocenters. The molecule has 176 valence electrons. The Hall–Kier alpha value is -3.19. The van der Waals surface area contributed by atoms with Gasteiger partial charge in [-0.15, -0.1) is 11.3 Å². The molecule has 1 saturated heterocycles. The fraction of sp³-hybridized carbons (Fsp3) is 0.370. The van der Waals surface area contributed by atoms with Crippen molar-refractivity contribution in [2.75, 3.05) is 19.6 Å². The van der Waals surface area contributed by atoms with Crippen molar-refractivity contribution in [2.24, 2.45) is 13.0 Å². The Morgan fingerprint density at radius 3 is 2.71 bits per heavy atom. The van der Waals surface area contributed by atoms with Crippen molar-refractivity contribution in [3.8, 4) is 0 Å². The quantitative estimate of drug-likeness (QED) is 0.373. The number of benzene rings is 1. The average Bonchev–Trinajstić information content (AvgIpc) is 3.45. The summed E-state index contributed by atoms with van der Waals surface area (Å²) in [6.07, 6.45) is 8.89. The second-order valence-electron chi connectivity index (χ2n) is 9.16. The lowest BCUT2D eigenvalue weighted by Crippen LogP contribution is -2.39. The molecule has 1 N–H and O–H groups in total. The third-order valence-electron chi connectivity index (χ3n) is 6.94. The number of likely N-dealkylation sites (tertiary alicyclic amines) is 1. The fourth-order valence-corrected chi connectivity index (χ4v) is 5.87. The van der Waals surface area contributed by atoms with Gasteiger partial charge in [-0.1, -0.05) is 31.0 Å². The van der Waals surface area contributed by atoms with E-state index in [0.717, 1.165) is 76.8 Å². The predicted octanol–water partition coefficient (Wildman–Crippen LogP) is 5.24. The summed E-state index contributed by atoms with van der Waals surface area (Å²) in [5.41, 5.74) is 1.86. The number of amides is 2. The van der Waals surface area contributed by atoms with Crippen molar-refractivity contribution in [1.29, 1.82) is 0 Å². The molecule has 4 heterocycles. The van der Waals surface area contributed by atoms with Gasteiger partial charge in [-0.2, -0.15) is 0 Å². The first kappa shape index (κ1) is 22.6. The van der Waals surface area contributed by atoms with Gasteiger partial charge < -0.3 is 14.8 Å². The van der Waals surface area contributed by atoms with Gasteiger partial charge in [0.05, 0.1) is 9.58 Å². The van der Waals surface area contributed by atoms with Crippen LogP contribution in [-0.2, 0) is 7.05 Å². The maximum Gasteiger partial charge on any atom is 0.270 e. The Morgan fingerprint density at radius 2 is 1.91 bits per heavy atom. The lowest BCUT2D eigenvalue weighted by atomic mass is 9.91. The molecular formula is C27H30N4O2S. The Balaban J connectivity index is 1.03. The van der Waals surface area contributed by atoms with Crippen LogP contribution in [0.4, 0.5) is 0 Å². The summed E-state index contributed by atoms with van der Waals surface area (Å²) in [7, 11) is 1.97. The fourth-order valence-electron chi connectivity index (χ4n) is 4.92. The van der Waals surface area contributed by atoms with Gasteiger partial charge in [-0.25, -0.2) is 0 Å². The largest absolute Gasteiger partial charge is 0.351 e. The molecule has 0 unspecified atom stereocenters. The molecule has 4 aromatic rings. The van der Waals surface area contributed by atoms with Crippen LogP contribution < -0.4 is 5.32 Å². The van der Waals surface area contributed by atoms with E-state index in [2.05, 4.69) is 22.4 Å². The first-order valence-corrected chi connectivity index (χ1v) is 12.9. The number of carbonyl (C=O) groups is 2. The van der Waals surface area contributed by atoms with Gasteiger partial charge in [0.25, 0.3) is 11.8 Å². The van der Waals surface area contributed by atoms with Crippen LogP contribution in [0, 0.1) is 5.92 Å². The van der Waals surface area contributed by atoms with Gasteiger partial charge in [0.2, 0.25) is 0 Å². The molecule has 1 aliphatic rings. The topological polar surface area (TPSA) is 67.2 Å². The second-order valence-corrected chi connectivity index (χ2v) is 10.2. The number of hydrogen-bond acceptors (Lipinski definition) is 4. The zero-order valence-corrected chi connectivity index (χ0v) is 20.3. The summed E-state index contributed by atoms with van der Waals surface area (Å²) in [5, 5.41) is 5.23. The van der Waals surface area contributed by atoms with Gasteiger partial charge in [-0.3, -0.25) is 14.6 Å². The van der Waals surface area contributed by atoms with Crippen molar-refractivity contribution < 1.29 is 9.59 Å². The lowest BCUT2D eigenvalue weighted by Gasteiger charge is -2.32. The van der Waals surface area contributed by atoms with Gasteiger partial charge >= 0.3 is 0 Å². The molecule has 1 aromatic carbocycles. The number of hydrogen-bond donors (Lipinski definition) is 1. The summed E-state index contributed by atoms with van der Waals surface area (Å²) >= 11 is 1.49. The SMILES string of the molecule is Cn1c(C(=O)N2CCC(CCCCNC(=O)c3cc4ccncc4s3)CC2)cc2ccccc21. The second kappa shape index (κ2) is 9.97. The van der Waals surface area contributed by atoms with Crippen LogP contribution in [0.25, 0.3) is 21.0 Å². The zero-order valence-electron chi connectivity index (χ0n) is 19.5. The van der Waals surface area contributed by atoms with E-state index in [4.69, 9.17) is 0 Å². The molecule has 7 heteroatoms. The number of fused-ring (bicyclic) bond motifs is 2. The number of nitrogens with zero attached hydrogens (tertiary/aromatic N) is 3. The molecule has 0 saturated carbocycles. The van der Waals surface area contributed by atoms with Crippen molar-refractivity contribution >= 4 is 44.1 Å². The highest BCUT2D eigenvalue weighted by atomic mass is 32.1. The third-order valence-corrected chi connectivity index (χ3v) is 8.03. The van der Waals surface area contributed by atoms with Crippen LogP contribution in [0.3, 0.4) is 0 Å². The Bertz CT molecular complexity index is 1280. The number of thiophene rings is 1. The number of unbranched alkanes of at least 4 members (excludes halogenated alkanes) is 1. The molecule has 0 bridgehead atoms. The minimum absolute atomic E-state index is 0.00126. The van der Waals surface area contributed by atoms with E-state index in [1.165, 1.54) is 11.3 Å². The Morgan fingerprint density at radius 1 is 1.09 bits per heavy atom. The van der Waals surface area contributed by atoms with Crippen molar-refractivity contribution in [3.63, 3.8) is 0 Å². The molecule has 0 spiro atoms. The molecular weight excluding hydrogens is 444 g/mol. The van der Waals surface area contributed by atoms with Crippen LogP contribution in [0.1, 0.15) is 52.3 Å². The highest BCUT2D eigenvalue weighted by molar-refractivity contribution is 7.20. The van der Waals surface area contributed by atoms with Crippen molar-refractivity contribution in [2.45, 2.75) is 32.1 Å². The van der Waals surface area contributed by atoms with Gasteiger partial charge in [0.1, 0.15) is 5.69 Å².